The van der Waals surface area contributed by atoms with E-state index < -0.39 is 0 Å². The van der Waals surface area contributed by atoms with Crippen LogP contribution in [-0.2, 0) is 31.1 Å². The molecule has 0 N–H and O–H groups in total. The van der Waals surface area contributed by atoms with Crippen LogP contribution in [0.5, 0.6) is 0 Å². The van der Waals surface area contributed by atoms with Gasteiger partial charge in [0.1, 0.15) is 0 Å². The smallest absolute Gasteiger partial charge is 0.0464 e. The Morgan fingerprint density at radius 2 is 1.50 bits per heavy atom. The van der Waals surface area contributed by atoms with Gasteiger partial charge in [-0.2, -0.15) is 0 Å². The van der Waals surface area contributed by atoms with Crippen molar-refractivity contribution >= 4 is 11.4 Å². The summed E-state index contributed by atoms with van der Waals surface area (Å²) in [7, 11) is 0. The fourth-order valence-corrected chi connectivity index (χ4v) is 5.20. The molecule has 1 aliphatic rings. The van der Waals surface area contributed by atoms with Crippen molar-refractivity contribution in [2.24, 2.45) is 0 Å². The molecule has 0 heterocycles. The van der Waals surface area contributed by atoms with Crippen LogP contribution in [-0.4, -0.2) is 0 Å². The van der Waals surface area contributed by atoms with Crippen molar-refractivity contribution in [3.63, 3.8) is 0 Å². The fourth-order valence-electron chi connectivity index (χ4n) is 5.20. The molecule has 1 aliphatic carbocycles. The minimum absolute atomic E-state index is 0.230. The number of allylic oxidation sites excluding steroid dienone is 3. The summed E-state index contributed by atoms with van der Waals surface area (Å²) in [5.41, 5.74) is 11.2. The average molecular weight is 478 g/mol. The molecule has 0 atom stereocenters. The summed E-state index contributed by atoms with van der Waals surface area (Å²) in [5, 5.41) is 0. The molecule has 3 aromatic rings. The summed E-state index contributed by atoms with van der Waals surface area (Å²) in [6.07, 6.45) is 14.7. The number of nitrogens with zero attached hydrogens (tertiary/aromatic N) is 1. The molecular formula is C35H43N. The van der Waals surface area contributed by atoms with Crippen LogP contribution in [0, 0.1) is 0 Å². The highest BCUT2D eigenvalue weighted by molar-refractivity contribution is 5.71. The largest absolute Gasteiger partial charge is 0.311 e. The van der Waals surface area contributed by atoms with Crippen molar-refractivity contribution in [1.82, 2.24) is 0 Å². The first-order valence-electron chi connectivity index (χ1n) is 13.9. The van der Waals surface area contributed by atoms with Crippen LogP contribution in [0.2, 0.25) is 0 Å². The van der Waals surface area contributed by atoms with Crippen molar-refractivity contribution in [2.75, 3.05) is 4.90 Å². The first kappa shape index (κ1) is 26.0. The highest BCUT2D eigenvalue weighted by Crippen LogP contribution is 2.36. The van der Waals surface area contributed by atoms with Crippen LogP contribution < -0.4 is 4.90 Å². The summed E-state index contributed by atoms with van der Waals surface area (Å²) in [4.78, 5) is 2.40. The van der Waals surface area contributed by atoms with Crippen molar-refractivity contribution in [3.05, 3.63) is 118 Å². The molecule has 0 saturated heterocycles. The zero-order valence-electron chi connectivity index (χ0n) is 23.0. The van der Waals surface area contributed by atoms with E-state index >= 15 is 0 Å². The van der Waals surface area contributed by atoms with E-state index in [9.17, 15) is 0 Å². The van der Waals surface area contributed by atoms with Crippen molar-refractivity contribution in [1.29, 1.82) is 0 Å². The van der Waals surface area contributed by atoms with Gasteiger partial charge in [-0.25, -0.2) is 0 Å². The van der Waals surface area contributed by atoms with Gasteiger partial charge in [-0.3, -0.25) is 0 Å². The highest BCUT2D eigenvalue weighted by Gasteiger charge is 2.23. The zero-order valence-corrected chi connectivity index (χ0v) is 23.0. The SMILES string of the molecule is C/C=C(\C=C/CC)N(c1ccc(C(C)(CC)CC)cc1)c1cccc(CCc2ccc3c(c2)CC3)c1. The summed E-state index contributed by atoms with van der Waals surface area (Å²) >= 11 is 0. The van der Waals surface area contributed by atoms with Crippen molar-refractivity contribution < 1.29 is 0 Å². The van der Waals surface area contributed by atoms with Crippen LogP contribution in [0.3, 0.4) is 0 Å². The van der Waals surface area contributed by atoms with Gasteiger partial charge in [-0.05, 0) is 115 Å². The van der Waals surface area contributed by atoms with E-state index in [0.717, 1.165) is 32.1 Å². The van der Waals surface area contributed by atoms with Gasteiger partial charge < -0.3 is 4.90 Å². The van der Waals surface area contributed by atoms with E-state index in [-0.39, 0.29) is 5.41 Å². The fraction of sp³-hybridized carbons (Fsp3) is 0.371. The number of hydrogen-bond donors (Lipinski definition) is 0. The van der Waals surface area contributed by atoms with E-state index in [1.54, 1.807) is 11.1 Å². The zero-order chi connectivity index (χ0) is 25.5. The van der Waals surface area contributed by atoms with E-state index in [0.29, 0.717) is 0 Å². The van der Waals surface area contributed by atoms with Gasteiger partial charge in [0.05, 0.1) is 0 Å². The summed E-state index contributed by atoms with van der Waals surface area (Å²) in [6, 6.07) is 25.5. The highest BCUT2D eigenvalue weighted by atomic mass is 15.1. The molecular weight excluding hydrogens is 434 g/mol. The predicted molar refractivity (Wildman–Crippen MR) is 157 cm³/mol. The van der Waals surface area contributed by atoms with Crippen LogP contribution in [0.4, 0.5) is 11.4 Å². The van der Waals surface area contributed by atoms with Gasteiger partial charge >= 0.3 is 0 Å². The van der Waals surface area contributed by atoms with Crippen LogP contribution >= 0.6 is 0 Å². The number of fused-ring (bicyclic) bond motifs is 1. The van der Waals surface area contributed by atoms with Crippen molar-refractivity contribution in [2.45, 2.75) is 85.0 Å². The normalized spacial score (nSPS) is 13.5. The van der Waals surface area contributed by atoms with Gasteiger partial charge in [0.25, 0.3) is 0 Å². The second-order valence-electron chi connectivity index (χ2n) is 10.4. The standard InChI is InChI=1S/C35H43N/c1-6-10-13-32(7-2)36(33-23-21-31(22-24-33)35(5,8-3)9-4)34-14-11-12-27(26-34)15-16-28-17-18-29-19-20-30(29)25-28/h7,10-14,17-18,21-26H,6,8-9,15-16,19-20H2,1-5H3/b13-10-,32-7+. The van der Waals surface area contributed by atoms with Gasteiger partial charge in [-0.1, -0.05) is 82.3 Å². The third-order valence-electron chi connectivity index (χ3n) is 8.27. The molecule has 0 fully saturated rings. The molecule has 0 saturated carbocycles. The summed E-state index contributed by atoms with van der Waals surface area (Å²) in [6.45, 7) is 11.3. The number of anilines is 2. The number of hydrogen-bond acceptors (Lipinski definition) is 1. The Bertz CT molecular complexity index is 1210. The Morgan fingerprint density at radius 3 is 2.08 bits per heavy atom. The molecule has 0 amide bonds. The Kier molecular flexibility index (Phi) is 8.52. The maximum absolute atomic E-state index is 2.42. The first-order chi connectivity index (χ1) is 17.5. The predicted octanol–water partition coefficient (Wildman–Crippen LogP) is 9.66. The molecule has 0 bridgehead atoms. The van der Waals surface area contributed by atoms with E-state index in [4.69, 9.17) is 0 Å². The molecule has 3 aromatic carbocycles. The molecule has 0 radical (unpaired) electrons. The lowest BCUT2D eigenvalue weighted by molar-refractivity contribution is 0.439. The average Bonchev–Trinajstić information content (AvgIpc) is 2.91. The lowest BCUT2D eigenvalue weighted by Crippen LogP contribution is -2.20. The van der Waals surface area contributed by atoms with Gasteiger partial charge in [0.2, 0.25) is 0 Å². The van der Waals surface area contributed by atoms with Gasteiger partial charge in [-0.15, -0.1) is 0 Å². The molecule has 4 rings (SSSR count). The molecule has 0 aromatic heterocycles. The topological polar surface area (TPSA) is 3.24 Å². The van der Waals surface area contributed by atoms with Crippen LogP contribution in [0.25, 0.3) is 0 Å². The number of rotatable bonds is 11. The van der Waals surface area contributed by atoms with Gasteiger partial charge in [0, 0.05) is 17.1 Å². The molecule has 1 heteroatoms. The molecule has 1 nitrogen and oxygen atoms in total. The van der Waals surface area contributed by atoms with E-state index in [1.165, 1.54) is 46.6 Å². The molecule has 0 unspecified atom stereocenters. The maximum atomic E-state index is 2.42. The molecule has 0 spiro atoms. The number of benzene rings is 3. The summed E-state index contributed by atoms with van der Waals surface area (Å²) in [5.74, 6) is 0. The lowest BCUT2D eigenvalue weighted by Gasteiger charge is -2.30. The second-order valence-corrected chi connectivity index (χ2v) is 10.4. The molecule has 0 aliphatic heterocycles. The molecule has 36 heavy (non-hydrogen) atoms. The lowest BCUT2D eigenvalue weighted by atomic mass is 9.78. The Balaban J connectivity index is 1.63. The van der Waals surface area contributed by atoms with E-state index in [1.807, 2.05) is 0 Å². The minimum atomic E-state index is 0.230. The molecule has 188 valence electrons. The monoisotopic (exact) mass is 477 g/mol. The third kappa shape index (κ3) is 5.67. The third-order valence-corrected chi connectivity index (χ3v) is 8.27. The Labute approximate surface area is 219 Å². The quantitative estimate of drug-likeness (QED) is 0.248. The first-order valence-corrected chi connectivity index (χ1v) is 13.9. The van der Waals surface area contributed by atoms with Crippen LogP contribution in [0.1, 0.15) is 81.7 Å². The maximum Gasteiger partial charge on any atom is 0.0464 e. The summed E-state index contributed by atoms with van der Waals surface area (Å²) < 4.78 is 0. The van der Waals surface area contributed by atoms with Gasteiger partial charge in [0.15, 0.2) is 0 Å². The Morgan fingerprint density at radius 1 is 0.806 bits per heavy atom. The number of aryl methyl sites for hydroxylation is 4. The van der Waals surface area contributed by atoms with E-state index in [2.05, 4.69) is 124 Å². The van der Waals surface area contributed by atoms with Crippen LogP contribution in [0.15, 0.2) is 90.7 Å². The second kappa shape index (κ2) is 11.8. The van der Waals surface area contributed by atoms with Crippen molar-refractivity contribution in [3.8, 4) is 0 Å². The minimum Gasteiger partial charge on any atom is -0.311 e. The Hall–Kier alpha value is -3.06.